The fourth-order valence-corrected chi connectivity index (χ4v) is 2.30. The van der Waals surface area contributed by atoms with Gasteiger partial charge in [0.25, 0.3) is 0 Å². The molecule has 0 aliphatic rings. The smallest absolute Gasteiger partial charge is 0.129 e. The lowest BCUT2D eigenvalue weighted by atomic mass is 10.2. The van der Waals surface area contributed by atoms with E-state index in [4.69, 9.17) is 0 Å². The highest BCUT2D eigenvalue weighted by Gasteiger charge is 2.01. The Balaban J connectivity index is 2.26. The number of phenols is 1. The molecule has 0 amide bonds. The molecule has 1 aromatic carbocycles. The van der Waals surface area contributed by atoms with E-state index < -0.39 is 0 Å². The van der Waals surface area contributed by atoms with Crippen molar-refractivity contribution in [2.24, 2.45) is 0 Å². The molecular weight excluding hydrogens is 292 g/mol. The number of nitrogens with one attached hydrogen (secondary N) is 1. The number of hydrogen-bond acceptors (Lipinski definition) is 3. The molecule has 0 aromatic heterocycles. The molecule has 0 saturated carbocycles. The zero-order valence-electron chi connectivity index (χ0n) is 11.2. The Morgan fingerprint density at radius 2 is 2.06 bits per heavy atom. The lowest BCUT2D eigenvalue weighted by molar-refractivity contribution is 0.287. The van der Waals surface area contributed by atoms with Gasteiger partial charge in [-0.2, -0.15) is 0 Å². The van der Waals surface area contributed by atoms with E-state index in [9.17, 15) is 5.11 Å². The van der Waals surface area contributed by atoms with E-state index in [0.29, 0.717) is 5.75 Å². The summed E-state index contributed by atoms with van der Waals surface area (Å²) < 4.78 is 0.753. The molecular formula is C14H23BrN2O. The summed E-state index contributed by atoms with van der Waals surface area (Å²) in [5, 5.41) is 12.8. The van der Waals surface area contributed by atoms with Gasteiger partial charge < -0.3 is 15.3 Å². The van der Waals surface area contributed by atoms with Crippen LogP contribution in [-0.4, -0.2) is 36.2 Å². The monoisotopic (exact) mass is 314 g/mol. The van der Waals surface area contributed by atoms with Gasteiger partial charge in [-0.25, -0.2) is 0 Å². The number of phenolic OH excluding ortho intramolecular Hbond substituents is 1. The maximum Gasteiger partial charge on any atom is 0.129 e. The molecule has 2 N–H and O–H groups in total. The van der Waals surface area contributed by atoms with E-state index in [2.05, 4.69) is 40.0 Å². The highest BCUT2D eigenvalue weighted by molar-refractivity contribution is 9.10. The normalized spacial score (nSPS) is 11.1. The van der Waals surface area contributed by atoms with Gasteiger partial charge in [-0.15, -0.1) is 0 Å². The van der Waals surface area contributed by atoms with Crippen LogP contribution >= 0.6 is 15.9 Å². The number of halogens is 1. The molecule has 4 heteroatoms. The van der Waals surface area contributed by atoms with E-state index in [1.807, 2.05) is 12.1 Å². The van der Waals surface area contributed by atoms with Gasteiger partial charge in [0.05, 0.1) is 4.47 Å². The van der Waals surface area contributed by atoms with Crippen molar-refractivity contribution in [1.29, 1.82) is 0 Å². The molecule has 0 fully saturated rings. The van der Waals surface area contributed by atoms with Gasteiger partial charge in [0.1, 0.15) is 5.75 Å². The topological polar surface area (TPSA) is 35.5 Å². The van der Waals surface area contributed by atoms with Gasteiger partial charge in [-0.3, -0.25) is 0 Å². The van der Waals surface area contributed by atoms with Crippen LogP contribution in [0.25, 0.3) is 0 Å². The summed E-state index contributed by atoms with van der Waals surface area (Å²) in [5.74, 6) is 0.291. The molecule has 0 bridgehead atoms. The number of aromatic hydroxyl groups is 1. The summed E-state index contributed by atoms with van der Waals surface area (Å²) in [5.41, 5.74) is 1.18. The molecule has 0 spiro atoms. The highest BCUT2D eigenvalue weighted by atomic mass is 79.9. The van der Waals surface area contributed by atoms with Crippen molar-refractivity contribution in [3.05, 3.63) is 28.2 Å². The van der Waals surface area contributed by atoms with E-state index in [0.717, 1.165) is 30.7 Å². The Morgan fingerprint density at radius 1 is 1.28 bits per heavy atom. The number of nitrogens with zero attached hydrogens (tertiary/aromatic N) is 1. The van der Waals surface area contributed by atoms with Crippen LogP contribution in [0.15, 0.2) is 22.7 Å². The zero-order valence-corrected chi connectivity index (χ0v) is 12.8. The Kier molecular flexibility index (Phi) is 7.32. The maximum atomic E-state index is 9.41. The first-order chi connectivity index (χ1) is 8.67. The molecule has 0 heterocycles. The third kappa shape index (κ3) is 5.38. The molecule has 0 saturated heterocycles. The molecule has 0 radical (unpaired) electrons. The van der Waals surface area contributed by atoms with Crippen molar-refractivity contribution in [3.8, 4) is 5.75 Å². The minimum absolute atomic E-state index is 0.291. The maximum absolute atomic E-state index is 9.41. The lowest BCUT2D eigenvalue weighted by Gasteiger charge is -2.19. The average Bonchev–Trinajstić information content (AvgIpc) is 2.37. The second kappa shape index (κ2) is 8.51. The number of benzene rings is 1. The summed E-state index contributed by atoms with van der Waals surface area (Å²) >= 11 is 3.32. The first kappa shape index (κ1) is 15.5. The largest absolute Gasteiger partial charge is 0.507 e. The van der Waals surface area contributed by atoms with Crippen LogP contribution in [0.1, 0.15) is 25.8 Å². The first-order valence-corrected chi connectivity index (χ1v) is 7.37. The number of rotatable bonds is 8. The Labute approximate surface area is 118 Å². The van der Waals surface area contributed by atoms with E-state index >= 15 is 0 Å². The Morgan fingerprint density at radius 3 is 2.67 bits per heavy atom. The predicted molar refractivity (Wildman–Crippen MR) is 79.9 cm³/mol. The standard InChI is InChI=1S/C14H23BrN2O/c1-3-8-17(4-2)9-7-16-11-12-5-6-14(18)13(15)10-12/h5-6,10,16,18H,3-4,7-9,11H2,1-2H3. The summed E-state index contributed by atoms with van der Waals surface area (Å²) in [6, 6.07) is 5.61. The Hall–Kier alpha value is -0.580. The highest BCUT2D eigenvalue weighted by Crippen LogP contribution is 2.23. The average molecular weight is 315 g/mol. The molecule has 3 nitrogen and oxygen atoms in total. The van der Waals surface area contributed by atoms with Gasteiger partial charge in [-0.1, -0.05) is 19.9 Å². The molecule has 1 rings (SSSR count). The molecule has 18 heavy (non-hydrogen) atoms. The van der Waals surface area contributed by atoms with E-state index in [-0.39, 0.29) is 0 Å². The zero-order chi connectivity index (χ0) is 13.4. The second-order valence-electron chi connectivity index (χ2n) is 4.40. The van der Waals surface area contributed by atoms with Crippen LogP contribution in [0.3, 0.4) is 0 Å². The van der Waals surface area contributed by atoms with Gasteiger partial charge in [0, 0.05) is 19.6 Å². The van der Waals surface area contributed by atoms with Gasteiger partial charge >= 0.3 is 0 Å². The molecule has 102 valence electrons. The molecule has 0 unspecified atom stereocenters. The minimum atomic E-state index is 0.291. The minimum Gasteiger partial charge on any atom is -0.507 e. The van der Waals surface area contributed by atoms with Crippen molar-refractivity contribution in [2.45, 2.75) is 26.8 Å². The Bertz CT molecular complexity index is 358. The summed E-state index contributed by atoms with van der Waals surface area (Å²) in [4.78, 5) is 2.44. The summed E-state index contributed by atoms with van der Waals surface area (Å²) in [6.45, 7) is 9.61. The van der Waals surface area contributed by atoms with E-state index in [1.165, 1.54) is 18.5 Å². The lowest BCUT2D eigenvalue weighted by Crippen LogP contribution is -2.32. The van der Waals surface area contributed by atoms with Crippen LogP contribution in [0.2, 0.25) is 0 Å². The molecule has 0 atom stereocenters. The van der Waals surface area contributed by atoms with Crippen molar-refractivity contribution >= 4 is 15.9 Å². The van der Waals surface area contributed by atoms with Crippen LogP contribution in [-0.2, 0) is 6.54 Å². The fraction of sp³-hybridized carbons (Fsp3) is 0.571. The van der Waals surface area contributed by atoms with Crippen LogP contribution in [0.5, 0.6) is 5.75 Å². The van der Waals surface area contributed by atoms with E-state index in [1.54, 1.807) is 6.07 Å². The fourth-order valence-electron chi connectivity index (χ4n) is 1.87. The van der Waals surface area contributed by atoms with Crippen LogP contribution < -0.4 is 5.32 Å². The van der Waals surface area contributed by atoms with Crippen molar-refractivity contribution < 1.29 is 5.11 Å². The van der Waals surface area contributed by atoms with Gasteiger partial charge in [-0.05, 0) is 53.1 Å². The summed E-state index contributed by atoms with van der Waals surface area (Å²) in [7, 11) is 0. The third-order valence-electron chi connectivity index (χ3n) is 2.93. The van der Waals surface area contributed by atoms with Crippen molar-refractivity contribution in [2.75, 3.05) is 26.2 Å². The third-order valence-corrected chi connectivity index (χ3v) is 3.57. The predicted octanol–water partition coefficient (Wildman–Crippen LogP) is 2.98. The second-order valence-corrected chi connectivity index (χ2v) is 5.25. The molecule has 0 aliphatic carbocycles. The SMILES string of the molecule is CCCN(CC)CCNCc1ccc(O)c(Br)c1. The van der Waals surface area contributed by atoms with Gasteiger partial charge in [0.2, 0.25) is 0 Å². The quantitative estimate of drug-likeness (QED) is 0.724. The van der Waals surface area contributed by atoms with Crippen LogP contribution in [0.4, 0.5) is 0 Å². The first-order valence-electron chi connectivity index (χ1n) is 6.57. The molecule has 1 aromatic rings. The number of hydrogen-bond donors (Lipinski definition) is 2. The van der Waals surface area contributed by atoms with Crippen LogP contribution in [0, 0.1) is 0 Å². The van der Waals surface area contributed by atoms with Gasteiger partial charge in [0.15, 0.2) is 0 Å². The van der Waals surface area contributed by atoms with Crippen molar-refractivity contribution in [3.63, 3.8) is 0 Å². The number of likely N-dealkylation sites (N-methyl/N-ethyl adjacent to an activating group) is 1. The molecule has 0 aliphatic heterocycles. The van der Waals surface area contributed by atoms with Crippen molar-refractivity contribution in [1.82, 2.24) is 10.2 Å². The summed E-state index contributed by atoms with van der Waals surface area (Å²) in [6.07, 6.45) is 1.21.